The van der Waals surface area contributed by atoms with Crippen LogP contribution in [0.15, 0.2) is 10.6 Å². The lowest BCUT2D eigenvalue weighted by atomic mass is 9.94. The van der Waals surface area contributed by atoms with E-state index in [4.69, 9.17) is 10.3 Å². The third kappa shape index (κ3) is 3.26. The minimum absolute atomic E-state index is 0. The zero-order valence-corrected chi connectivity index (χ0v) is 15.4. The SMILES string of the molecule is Cc1cc(C(=O)NC(C)(CN)C2CC2)c2c(C(C)C)noc2n1.Cl. The monoisotopic (exact) mass is 352 g/mol. The number of aromatic nitrogens is 2. The second-order valence-corrected chi connectivity index (χ2v) is 7.06. The number of fused-ring (bicyclic) bond motifs is 1. The Morgan fingerprint density at radius 1 is 1.50 bits per heavy atom. The summed E-state index contributed by atoms with van der Waals surface area (Å²) in [5.74, 6) is 0.476. The quantitative estimate of drug-likeness (QED) is 0.862. The van der Waals surface area contributed by atoms with Gasteiger partial charge in [-0.25, -0.2) is 4.98 Å². The van der Waals surface area contributed by atoms with Crippen LogP contribution in [0.2, 0.25) is 0 Å². The van der Waals surface area contributed by atoms with Gasteiger partial charge in [0.05, 0.1) is 22.2 Å². The average molecular weight is 353 g/mol. The number of pyridine rings is 1. The maximum absolute atomic E-state index is 12.9. The van der Waals surface area contributed by atoms with Gasteiger partial charge in [0.2, 0.25) is 0 Å². The Balaban J connectivity index is 0.00000208. The lowest BCUT2D eigenvalue weighted by molar-refractivity contribution is 0.0899. The molecule has 24 heavy (non-hydrogen) atoms. The number of nitrogens with zero attached hydrogens (tertiary/aromatic N) is 2. The Hall–Kier alpha value is -1.66. The second-order valence-electron chi connectivity index (χ2n) is 7.06. The molecule has 2 aromatic heterocycles. The van der Waals surface area contributed by atoms with Crippen LogP contribution in [0.4, 0.5) is 0 Å². The van der Waals surface area contributed by atoms with E-state index in [1.807, 2.05) is 27.7 Å². The van der Waals surface area contributed by atoms with Crippen molar-refractivity contribution in [3.05, 3.63) is 23.0 Å². The fraction of sp³-hybridized carbons (Fsp3) is 0.588. The molecule has 2 heterocycles. The molecule has 1 amide bonds. The highest BCUT2D eigenvalue weighted by molar-refractivity contribution is 6.06. The number of amides is 1. The van der Waals surface area contributed by atoms with Crippen molar-refractivity contribution in [1.29, 1.82) is 0 Å². The van der Waals surface area contributed by atoms with Gasteiger partial charge in [0.1, 0.15) is 0 Å². The fourth-order valence-electron chi connectivity index (χ4n) is 3.04. The largest absolute Gasteiger partial charge is 0.345 e. The number of carbonyl (C=O) groups excluding carboxylic acids is 1. The van der Waals surface area contributed by atoms with E-state index < -0.39 is 0 Å². The summed E-state index contributed by atoms with van der Waals surface area (Å²) >= 11 is 0. The topological polar surface area (TPSA) is 94.0 Å². The summed E-state index contributed by atoms with van der Waals surface area (Å²) in [6.45, 7) is 8.33. The predicted octanol–water partition coefficient (Wildman–Crippen LogP) is 2.93. The third-order valence-corrected chi connectivity index (χ3v) is 4.69. The van der Waals surface area contributed by atoms with Gasteiger partial charge in [-0.2, -0.15) is 0 Å². The molecule has 0 aliphatic heterocycles. The van der Waals surface area contributed by atoms with Crippen molar-refractivity contribution in [2.75, 3.05) is 6.54 Å². The van der Waals surface area contributed by atoms with E-state index in [0.717, 1.165) is 24.2 Å². The number of nitrogens with one attached hydrogen (secondary N) is 1. The van der Waals surface area contributed by atoms with Crippen LogP contribution < -0.4 is 11.1 Å². The van der Waals surface area contributed by atoms with Crippen LogP contribution in [0.25, 0.3) is 11.1 Å². The van der Waals surface area contributed by atoms with Gasteiger partial charge in [-0.05, 0) is 44.6 Å². The number of aryl methyl sites for hydroxylation is 1. The Morgan fingerprint density at radius 2 is 2.17 bits per heavy atom. The molecular formula is C17H25ClN4O2. The minimum Gasteiger partial charge on any atom is -0.345 e. The van der Waals surface area contributed by atoms with Crippen LogP contribution >= 0.6 is 12.4 Å². The van der Waals surface area contributed by atoms with Gasteiger partial charge in [-0.15, -0.1) is 12.4 Å². The molecule has 6 nitrogen and oxygen atoms in total. The molecule has 7 heteroatoms. The van der Waals surface area contributed by atoms with Crippen LogP contribution in [-0.4, -0.2) is 28.1 Å². The van der Waals surface area contributed by atoms with Crippen molar-refractivity contribution >= 4 is 29.4 Å². The van der Waals surface area contributed by atoms with Crippen molar-refractivity contribution in [2.45, 2.75) is 52.0 Å². The molecule has 3 rings (SSSR count). The van der Waals surface area contributed by atoms with Crippen LogP contribution in [0.1, 0.15) is 61.3 Å². The van der Waals surface area contributed by atoms with Crippen LogP contribution in [0.5, 0.6) is 0 Å². The minimum atomic E-state index is -0.365. The average Bonchev–Trinajstić information content (AvgIpc) is 3.27. The van der Waals surface area contributed by atoms with Crippen LogP contribution in [0.3, 0.4) is 0 Å². The van der Waals surface area contributed by atoms with Crippen molar-refractivity contribution < 1.29 is 9.32 Å². The molecule has 1 fully saturated rings. The van der Waals surface area contributed by atoms with E-state index in [1.54, 1.807) is 6.07 Å². The molecule has 0 radical (unpaired) electrons. The van der Waals surface area contributed by atoms with Gasteiger partial charge < -0.3 is 15.6 Å². The smallest absolute Gasteiger partial charge is 0.259 e. The first-order chi connectivity index (χ1) is 10.9. The molecule has 0 saturated heterocycles. The highest BCUT2D eigenvalue weighted by Crippen LogP contribution is 2.39. The van der Waals surface area contributed by atoms with Crippen molar-refractivity contribution in [2.24, 2.45) is 11.7 Å². The second kappa shape index (κ2) is 6.69. The van der Waals surface area contributed by atoms with E-state index in [0.29, 0.717) is 29.1 Å². The summed E-state index contributed by atoms with van der Waals surface area (Å²) in [6, 6.07) is 1.80. The van der Waals surface area contributed by atoms with E-state index in [2.05, 4.69) is 15.5 Å². The van der Waals surface area contributed by atoms with E-state index in [-0.39, 0.29) is 29.8 Å². The Bertz CT molecular complexity index is 754. The number of hydrogen-bond acceptors (Lipinski definition) is 5. The summed E-state index contributed by atoms with van der Waals surface area (Å²) in [6.07, 6.45) is 2.23. The normalized spacial score (nSPS) is 16.8. The van der Waals surface area contributed by atoms with Gasteiger partial charge in [-0.3, -0.25) is 4.79 Å². The molecule has 1 unspecified atom stereocenters. The summed E-state index contributed by atoms with van der Waals surface area (Å²) in [7, 11) is 0. The standard InChI is InChI=1S/C17H24N4O2.ClH/c1-9(2)14-13-12(7-10(3)19-16(13)23-21-14)15(22)20-17(4,8-18)11-5-6-11;/h7,9,11H,5-6,8,18H2,1-4H3,(H,20,22);1H. The third-order valence-electron chi connectivity index (χ3n) is 4.69. The lowest BCUT2D eigenvalue weighted by Crippen LogP contribution is -2.53. The summed E-state index contributed by atoms with van der Waals surface area (Å²) in [4.78, 5) is 17.3. The molecule has 1 saturated carbocycles. The zero-order chi connectivity index (χ0) is 16.8. The summed E-state index contributed by atoms with van der Waals surface area (Å²) in [5.41, 5.74) is 8.03. The number of carbonyl (C=O) groups is 1. The van der Waals surface area contributed by atoms with Crippen LogP contribution in [0, 0.1) is 12.8 Å². The first kappa shape index (κ1) is 18.7. The molecular weight excluding hydrogens is 328 g/mol. The fourth-order valence-corrected chi connectivity index (χ4v) is 3.04. The van der Waals surface area contributed by atoms with Gasteiger partial charge >= 0.3 is 0 Å². The Kier molecular flexibility index (Phi) is 5.20. The van der Waals surface area contributed by atoms with Gasteiger partial charge in [0.25, 0.3) is 11.6 Å². The Labute approximate surface area is 148 Å². The molecule has 3 N–H and O–H groups in total. The first-order valence-electron chi connectivity index (χ1n) is 8.15. The lowest BCUT2D eigenvalue weighted by Gasteiger charge is -2.29. The number of halogens is 1. The molecule has 1 aliphatic carbocycles. The first-order valence-corrected chi connectivity index (χ1v) is 8.15. The molecule has 132 valence electrons. The number of rotatable bonds is 5. The molecule has 1 atom stereocenters. The van der Waals surface area contributed by atoms with E-state index in [1.165, 1.54) is 0 Å². The van der Waals surface area contributed by atoms with E-state index >= 15 is 0 Å². The molecule has 0 aromatic carbocycles. The number of hydrogen-bond donors (Lipinski definition) is 2. The maximum atomic E-state index is 12.9. The molecule has 1 aliphatic rings. The predicted molar refractivity (Wildman–Crippen MR) is 95.5 cm³/mol. The van der Waals surface area contributed by atoms with Crippen LogP contribution in [-0.2, 0) is 0 Å². The van der Waals surface area contributed by atoms with Crippen molar-refractivity contribution in [3.63, 3.8) is 0 Å². The van der Waals surface area contributed by atoms with Crippen molar-refractivity contribution in [1.82, 2.24) is 15.5 Å². The Morgan fingerprint density at radius 3 is 2.71 bits per heavy atom. The van der Waals surface area contributed by atoms with Gasteiger partial charge in [0.15, 0.2) is 0 Å². The summed E-state index contributed by atoms with van der Waals surface area (Å²) < 4.78 is 5.33. The number of nitrogens with two attached hydrogens (primary N) is 1. The van der Waals surface area contributed by atoms with Gasteiger partial charge in [-0.1, -0.05) is 19.0 Å². The molecule has 2 aromatic rings. The highest BCUT2D eigenvalue weighted by atomic mass is 35.5. The van der Waals surface area contributed by atoms with E-state index in [9.17, 15) is 4.79 Å². The molecule has 0 bridgehead atoms. The van der Waals surface area contributed by atoms with Crippen molar-refractivity contribution in [3.8, 4) is 0 Å². The summed E-state index contributed by atoms with van der Waals surface area (Å²) in [5, 5.41) is 7.94. The molecule has 0 spiro atoms. The maximum Gasteiger partial charge on any atom is 0.259 e. The highest BCUT2D eigenvalue weighted by Gasteiger charge is 2.42. The van der Waals surface area contributed by atoms with Gasteiger partial charge in [0, 0.05) is 12.2 Å². The zero-order valence-electron chi connectivity index (χ0n) is 14.5.